The molecule has 0 unspecified atom stereocenters. The first-order valence-electron chi connectivity index (χ1n) is 13.1. The molecule has 38 heavy (non-hydrogen) atoms. The minimum atomic E-state index is -0.495. The van der Waals surface area contributed by atoms with Gasteiger partial charge >= 0.3 is 0 Å². The molecule has 1 aliphatic heterocycles. The van der Waals surface area contributed by atoms with Gasteiger partial charge < -0.3 is 20.3 Å². The fraction of sp³-hybridized carbons (Fsp3) is 0.414. The van der Waals surface area contributed by atoms with Crippen LogP contribution in [-0.2, 0) is 4.79 Å². The van der Waals surface area contributed by atoms with Crippen LogP contribution in [0.1, 0.15) is 39.0 Å². The van der Waals surface area contributed by atoms with Crippen LogP contribution in [-0.4, -0.2) is 47.5 Å². The average Bonchev–Trinajstić information content (AvgIpc) is 2.88. The Kier molecular flexibility index (Phi) is 7.81. The standard InChI is InChI=1S/C29H33ClFN5O2/c1-3-4-5-27(37)35-25-13-21-24(32-18-33-28(21)34-20-6-7-23(31)22(30)12-20)14-26(25)38-17-19-15-29(16-19)8-10-36(2)11-9-29/h4-7,12-14,18-19H,3,8-11,15-17H2,1-2H3,(H,35,37)(H,32,33,34). The van der Waals surface area contributed by atoms with E-state index in [9.17, 15) is 9.18 Å². The van der Waals surface area contributed by atoms with Gasteiger partial charge in [0.05, 0.1) is 22.8 Å². The van der Waals surface area contributed by atoms with Gasteiger partial charge in [-0.1, -0.05) is 24.6 Å². The summed E-state index contributed by atoms with van der Waals surface area (Å²) in [6.07, 6.45) is 10.4. The number of likely N-dealkylation sites (tertiary alicyclic amines) is 1. The van der Waals surface area contributed by atoms with E-state index in [0.717, 1.165) is 6.42 Å². The number of anilines is 3. The number of hydrogen-bond acceptors (Lipinski definition) is 6. The minimum absolute atomic E-state index is 0.0118. The van der Waals surface area contributed by atoms with Gasteiger partial charge in [-0.2, -0.15) is 0 Å². The van der Waals surface area contributed by atoms with Crippen LogP contribution in [0.4, 0.5) is 21.6 Å². The van der Waals surface area contributed by atoms with Crippen molar-refractivity contribution in [3.05, 3.63) is 59.7 Å². The molecule has 9 heteroatoms. The van der Waals surface area contributed by atoms with Gasteiger partial charge in [0.15, 0.2) is 0 Å². The fourth-order valence-corrected chi connectivity index (χ4v) is 5.68. The molecule has 1 amide bonds. The maximum absolute atomic E-state index is 13.6. The third-order valence-corrected chi connectivity index (χ3v) is 7.94. The highest BCUT2D eigenvalue weighted by Crippen LogP contribution is 2.52. The van der Waals surface area contributed by atoms with Crippen molar-refractivity contribution in [3.63, 3.8) is 0 Å². The summed E-state index contributed by atoms with van der Waals surface area (Å²) in [4.78, 5) is 23.8. The number of halogens is 2. The number of carbonyl (C=O) groups is 1. The van der Waals surface area contributed by atoms with Gasteiger partial charge in [-0.25, -0.2) is 14.4 Å². The van der Waals surface area contributed by atoms with Crippen molar-refractivity contribution in [2.75, 3.05) is 37.4 Å². The van der Waals surface area contributed by atoms with Crippen molar-refractivity contribution in [2.45, 2.75) is 39.0 Å². The number of allylic oxidation sites excluding steroid dienone is 1. The van der Waals surface area contributed by atoms with Gasteiger partial charge in [-0.15, -0.1) is 0 Å². The smallest absolute Gasteiger partial charge is 0.248 e. The molecule has 0 atom stereocenters. The van der Waals surface area contributed by atoms with Crippen molar-refractivity contribution in [3.8, 4) is 5.75 Å². The van der Waals surface area contributed by atoms with Crippen LogP contribution in [0, 0.1) is 17.2 Å². The second kappa shape index (κ2) is 11.3. The van der Waals surface area contributed by atoms with Crippen LogP contribution < -0.4 is 15.4 Å². The largest absolute Gasteiger partial charge is 0.491 e. The molecule has 1 aliphatic carbocycles. The van der Waals surface area contributed by atoms with Crippen LogP contribution in [0.3, 0.4) is 0 Å². The molecule has 1 spiro atoms. The van der Waals surface area contributed by atoms with Crippen LogP contribution >= 0.6 is 11.6 Å². The zero-order valence-electron chi connectivity index (χ0n) is 21.8. The molecular formula is C29H33ClFN5O2. The van der Waals surface area contributed by atoms with Crippen molar-refractivity contribution < 1.29 is 13.9 Å². The summed E-state index contributed by atoms with van der Waals surface area (Å²) in [7, 11) is 2.19. The van der Waals surface area contributed by atoms with E-state index in [1.54, 1.807) is 12.1 Å². The van der Waals surface area contributed by atoms with Crippen molar-refractivity contribution in [2.24, 2.45) is 11.3 Å². The first-order valence-corrected chi connectivity index (χ1v) is 13.5. The maximum atomic E-state index is 13.6. The zero-order valence-corrected chi connectivity index (χ0v) is 22.5. The molecule has 5 rings (SSSR count). The summed E-state index contributed by atoms with van der Waals surface area (Å²) in [6, 6.07) is 8.02. The lowest BCUT2D eigenvalue weighted by molar-refractivity contribution is -0.111. The van der Waals surface area contributed by atoms with Crippen molar-refractivity contribution in [1.29, 1.82) is 0 Å². The molecule has 2 N–H and O–H groups in total. The molecule has 3 aromatic rings. The zero-order chi connectivity index (χ0) is 26.7. The highest BCUT2D eigenvalue weighted by atomic mass is 35.5. The Morgan fingerprint density at radius 2 is 2.03 bits per heavy atom. The normalized spacial score (nSPS) is 17.6. The van der Waals surface area contributed by atoms with E-state index in [1.165, 1.54) is 63.3 Å². The van der Waals surface area contributed by atoms with Crippen molar-refractivity contribution >= 4 is 45.6 Å². The number of piperidine rings is 1. The molecule has 2 aromatic carbocycles. The Morgan fingerprint density at radius 1 is 1.24 bits per heavy atom. The quantitative estimate of drug-likeness (QED) is 0.316. The number of rotatable bonds is 8. The van der Waals surface area contributed by atoms with E-state index in [2.05, 4.69) is 32.5 Å². The minimum Gasteiger partial charge on any atom is -0.491 e. The lowest BCUT2D eigenvalue weighted by atomic mass is 9.58. The lowest BCUT2D eigenvalue weighted by Crippen LogP contribution is -2.47. The van der Waals surface area contributed by atoms with Crippen LogP contribution in [0.2, 0.25) is 5.02 Å². The van der Waals surface area contributed by atoms with Gasteiger partial charge in [-0.05, 0) is 93.9 Å². The average molecular weight is 538 g/mol. The number of amides is 1. The third kappa shape index (κ3) is 5.92. The molecule has 2 aliphatic rings. The summed E-state index contributed by atoms with van der Waals surface area (Å²) in [5.41, 5.74) is 2.27. The van der Waals surface area contributed by atoms with E-state index in [0.29, 0.717) is 51.8 Å². The summed E-state index contributed by atoms with van der Waals surface area (Å²) in [5.74, 6) is 0.858. The molecule has 1 saturated carbocycles. The Morgan fingerprint density at radius 3 is 2.76 bits per heavy atom. The number of fused-ring (bicyclic) bond motifs is 1. The number of aromatic nitrogens is 2. The summed E-state index contributed by atoms with van der Waals surface area (Å²) >= 11 is 5.95. The lowest BCUT2D eigenvalue weighted by Gasteiger charge is -2.51. The van der Waals surface area contributed by atoms with Gasteiger partial charge in [0.25, 0.3) is 0 Å². The van der Waals surface area contributed by atoms with Crippen LogP contribution in [0.15, 0.2) is 48.8 Å². The highest BCUT2D eigenvalue weighted by molar-refractivity contribution is 6.31. The molecule has 0 radical (unpaired) electrons. The molecule has 2 heterocycles. The van der Waals surface area contributed by atoms with Gasteiger partial charge in [0.2, 0.25) is 5.91 Å². The number of nitrogens with zero attached hydrogens (tertiary/aromatic N) is 3. The molecule has 2 fully saturated rings. The Hall–Kier alpha value is -3.23. The Bertz CT molecular complexity index is 1350. The van der Waals surface area contributed by atoms with E-state index in [-0.39, 0.29) is 10.9 Å². The third-order valence-electron chi connectivity index (χ3n) is 7.65. The fourth-order valence-electron chi connectivity index (χ4n) is 5.50. The number of benzene rings is 2. The van der Waals surface area contributed by atoms with Crippen LogP contribution in [0.5, 0.6) is 5.75 Å². The molecule has 200 valence electrons. The summed E-state index contributed by atoms with van der Waals surface area (Å²) in [5, 5.41) is 6.83. The summed E-state index contributed by atoms with van der Waals surface area (Å²) in [6.45, 7) is 4.90. The second-order valence-corrected chi connectivity index (χ2v) is 10.9. The number of nitrogens with one attached hydrogen (secondary N) is 2. The number of ether oxygens (including phenoxy) is 1. The number of hydrogen-bond donors (Lipinski definition) is 2. The molecule has 0 bridgehead atoms. The van der Waals surface area contributed by atoms with Gasteiger partial charge in [-0.3, -0.25) is 4.79 Å². The van der Waals surface area contributed by atoms with Crippen molar-refractivity contribution in [1.82, 2.24) is 14.9 Å². The Balaban J connectivity index is 1.38. The van der Waals surface area contributed by atoms with Gasteiger partial charge in [0, 0.05) is 17.1 Å². The van der Waals surface area contributed by atoms with E-state index < -0.39 is 5.82 Å². The molecule has 1 aromatic heterocycles. The predicted molar refractivity (Wildman–Crippen MR) is 150 cm³/mol. The maximum Gasteiger partial charge on any atom is 0.248 e. The highest BCUT2D eigenvalue weighted by Gasteiger charge is 2.45. The summed E-state index contributed by atoms with van der Waals surface area (Å²) < 4.78 is 19.9. The first-order chi connectivity index (χ1) is 18.3. The number of carbonyl (C=O) groups excluding carboxylic acids is 1. The van der Waals surface area contributed by atoms with Gasteiger partial charge in [0.1, 0.15) is 23.7 Å². The van der Waals surface area contributed by atoms with E-state index in [1.807, 2.05) is 19.1 Å². The Labute approximate surface area is 227 Å². The first kappa shape index (κ1) is 26.4. The monoisotopic (exact) mass is 537 g/mol. The molecule has 7 nitrogen and oxygen atoms in total. The van der Waals surface area contributed by atoms with E-state index >= 15 is 0 Å². The topological polar surface area (TPSA) is 79.4 Å². The van der Waals surface area contributed by atoms with Crippen LogP contribution in [0.25, 0.3) is 10.9 Å². The van der Waals surface area contributed by atoms with E-state index in [4.69, 9.17) is 16.3 Å². The SMILES string of the molecule is CCC=CC(=O)Nc1cc2c(Nc3ccc(F)c(Cl)c3)ncnc2cc1OCC1CC2(CCN(C)CC2)C1. The second-order valence-electron chi connectivity index (χ2n) is 10.5. The predicted octanol–water partition coefficient (Wildman–Crippen LogP) is 6.57. The molecule has 1 saturated heterocycles. The molecular weight excluding hydrogens is 505 g/mol.